The number of piperazine rings is 1. The van der Waals surface area contributed by atoms with Crippen molar-refractivity contribution in [2.75, 3.05) is 39.3 Å². The summed E-state index contributed by atoms with van der Waals surface area (Å²) in [5, 5.41) is 3.91. The predicted molar refractivity (Wildman–Crippen MR) is 123 cm³/mol. The molecule has 0 bridgehead atoms. The topological polar surface area (TPSA) is 57.6 Å². The van der Waals surface area contributed by atoms with E-state index in [0.717, 1.165) is 29.4 Å². The van der Waals surface area contributed by atoms with E-state index < -0.39 is 0 Å². The van der Waals surface area contributed by atoms with Gasteiger partial charge in [0.25, 0.3) is 5.91 Å². The highest BCUT2D eigenvalue weighted by Crippen LogP contribution is 2.24. The molecular formula is C25H30N4O2. The second kappa shape index (κ2) is 9.79. The monoisotopic (exact) mass is 418 g/mol. The van der Waals surface area contributed by atoms with Gasteiger partial charge in [0.1, 0.15) is 0 Å². The number of benzene rings is 2. The Morgan fingerprint density at radius 3 is 2.39 bits per heavy atom. The van der Waals surface area contributed by atoms with Crippen LogP contribution in [-0.2, 0) is 11.3 Å². The zero-order chi connectivity index (χ0) is 21.6. The standard InChI is InChI=1S/C25H30N4O2/c1-2-12-26-24(30)19-27-13-15-28(16-14-27)25(31)22-18-29(17-20-8-4-3-5-9-20)23-11-7-6-10-21(22)23/h3-11,18H,2,12-17,19H2,1H3,(H,26,30). The molecule has 6 nitrogen and oxygen atoms in total. The molecule has 0 atom stereocenters. The lowest BCUT2D eigenvalue weighted by atomic mass is 10.1. The number of para-hydroxylation sites is 1. The third-order valence-electron chi connectivity index (χ3n) is 5.81. The fourth-order valence-corrected chi connectivity index (χ4v) is 4.13. The summed E-state index contributed by atoms with van der Waals surface area (Å²) >= 11 is 0. The average molecular weight is 419 g/mol. The van der Waals surface area contributed by atoms with Gasteiger partial charge in [0.15, 0.2) is 0 Å². The molecule has 0 spiro atoms. The molecule has 0 unspecified atom stereocenters. The van der Waals surface area contributed by atoms with E-state index in [0.29, 0.717) is 39.3 Å². The molecule has 1 saturated heterocycles. The number of hydrogen-bond donors (Lipinski definition) is 1. The largest absolute Gasteiger partial charge is 0.355 e. The molecule has 4 rings (SSSR count). The van der Waals surface area contributed by atoms with Gasteiger partial charge in [-0.2, -0.15) is 0 Å². The van der Waals surface area contributed by atoms with Crippen molar-refractivity contribution in [2.45, 2.75) is 19.9 Å². The molecule has 2 heterocycles. The summed E-state index contributed by atoms with van der Waals surface area (Å²) in [6.45, 7) is 6.59. The molecular weight excluding hydrogens is 388 g/mol. The first kappa shape index (κ1) is 21.1. The predicted octanol–water partition coefficient (Wildman–Crippen LogP) is 2.97. The number of fused-ring (bicyclic) bond motifs is 1. The molecule has 0 saturated carbocycles. The number of hydrogen-bond acceptors (Lipinski definition) is 3. The quantitative estimate of drug-likeness (QED) is 0.642. The summed E-state index contributed by atoms with van der Waals surface area (Å²) in [6, 6.07) is 18.4. The van der Waals surface area contributed by atoms with Crippen LogP contribution in [0.2, 0.25) is 0 Å². The van der Waals surface area contributed by atoms with Gasteiger partial charge in [-0.25, -0.2) is 0 Å². The number of carbonyl (C=O) groups is 2. The lowest BCUT2D eigenvalue weighted by Crippen LogP contribution is -2.51. The van der Waals surface area contributed by atoms with E-state index in [9.17, 15) is 9.59 Å². The fourth-order valence-electron chi connectivity index (χ4n) is 4.13. The number of carbonyl (C=O) groups excluding carboxylic acids is 2. The van der Waals surface area contributed by atoms with Crippen LogP contribution in [0.3, 0.4) is 0 Å². The molecule has 1 fully saturated rings. The highest BCUT2D eigenvalue weighted by Gasteiger charge is 2.25. The molecule has 162 valence electrons. The smallest absolute Gasteiger partial charge is 0.256 e. The van der Waals surface area contributed by atoms with E-state index in [1.54, 1.807) is 0 Å². The highest BCUT2D eigenvalue weighted by molar-refractivity contribution is 6.07. The Balaban J connectivity index is 1.46. The molecule has 1 aliphatic heterocycles. The van der Waals surface area contributed by atoms with Crippen molar-refractivity contribution in [1.29, 1.82) is 0 Å². The van der Waals surface area contributed by atoms with E-state index >= 15 is 0 Å². The van der Waals surface area contributed by atoms with Crippen LogP contribution in [0.5, 0.6) is 0 Å². The van der Waals surface area contributed by atoms with Crippen molar-refractivity contribution >= 4 is 22.7 Å². The van der Waals surface area contributed by atoms with E-state index in [2.05, 4.69) is 33.0 Å². The fraction of sp³-hybridized carbons (Fsp3) is 0.360. The molecule has 1 N–H and O–H groups in total. The minimum Gasteiger partial charge on any atom is -0.355 e. The van der Waals surface area contributed by atoms with Gasteiger partial charge in [0, 0.05) is 56.4 Å². The van der Waals surface area contributed by atoms with Gasteiger partial charge < -0.3 is 14.8 Å². The normalized spacial score (nSPS) is 14.7. The molecule has 2 amide bonds. The van der Waals surface area contributed by atoms with Crippen LogP contribution < -0.4 is 5.32 Å². The zero-order valence-electron chi connectivity index (χ0n) is 18.1. The Hall–Kier alpha value is -3.12. The van der Waals surface area contributed by atoms with Crippen LogP contribution >= 0.6 is 0 Å². The van der Waals surface area contributed by atoms with Gasteiger partial charge >= 0.3 is 0 Å². The van der Waals surface area contributed by atoms with Crippen LogP contribution in [0.1, 0.15) is 29.3 Å². The van der Waals surface area contributed by atoms with Crippen LogP contribution in [0.15, 0.2) is 60.8 Å². The molecule has 31 heavy (non-hydrogen) atoms. The van der Waals surface area contributed by atoms with Gasteiger partial charge in [0.2, 0.25) is 5.91 Å². The molecule has 2 aromatic carbocycles. The van der Waals surface area contributed by atoms with E-state index in [1.807, 2.05) is 54.4 Å². The number of nitrogens with one attached hydrogen (secondary N) is 1. The first-order valence-electron chi connectivity index (χ1n) is 11.1. The van der Waals surface area contributed by atoms with E-state index in [4.69, 9.17) is 0 Å². The summed E-state index contributed by atoms with van der Waals surface area (Å²) in [5.41, 5.74) is 3.03. The summed E-state index contributed by atoms with van der Waals surface area (Å²) in [5.74, 6) is 0.128. The molecule has 0 aliphatic carbocycles. The Bertz CT molecular complexity index is 1040. The van der Waals surface area contributed by atoms with Gasteiger partial charge in [-0.05, 0) is 18.1 Å². The van der Waals surface area contributed by atoms with Crippen LogP contribution in [0, 0.1) is 0 Å². The van der Waals surface area contributed by atoms with E-state index in [1.165, 1.54) is 5.56 Å². The minimum atomic E-state index is 0.0607. The molecule has 1 aliphatic rings. The molecule has 3 aromatic rings. The van der Waals surface area contributed by atoms with Crippen molar-refractivity contribution in [3.05, 3.63) is 71.9 Å². The van der Waals surface area contributed by atoms with Crippen molar-refractivity contribution in [1.82, 2.24) is 19.7 Å². The summed E-state index contributed by atoms with van der Waals surface area (Å²) in [7, 11) is 0. The van der Waals surface area contributed by atoms with Gasteiger partial charge in [-0.15, -0.1) is 0 Å². The molecule has 0 radical (unpaired) electrons. The summed E-state index contributed by atoms with van der Waals surface area (Å²) in [6.07, 6.45) is 2.93. The summed E-state index contributed by atoms with van der Waals surface area (Å²) in [4.78, 5) is 29.4. The second-order valence-corrected chi connectivity index (χ2v) is 8.09. The van der Waals surface area contributed by atoms with Crippen molar-refractivity contribution in [2.24, 2.45) is 0 Å². The van der Waals surface area contributed by atoms with Gasteiger partial charge in [0.05, 0.1) is 12.1 Å². The van der Waals surface area contributed by atoms with E-state index in [-0.39, 0.29) is 11.8 Å². The Labute approximate surface area is 183 Å². The minimum absolute atomic E-state index is 0.0607. The zero-order valence-corrected chi connectivity index (χ0v) is 18.1. The third-order valence-corrected chi connectivity index (χ3v) is 5.81. The molecule has 1 aromatic heterocycles. The van der Waals surface area contributed by atoms with Crippen molar-refractivity contribution in [3.63, 3.8) is 0 Å². The Morgan fingerprint density at radius 1 is 0.935 bits per heavy atom. The number of aromatic nitrogens is 1. The van der Waals surface area contributed by atoms with Gasteiger partial charge in [-0.3, -0.25) is 14.5 Å². The third kappa shape index (κ3) is 4.97. The van der Waals surface area contributed by atoms with Crippen molar-refractivity contribution < 1.29 is 9.59 Å². The number of rotatable bonds is 7. The van der Waals surface area contributed by atoms with Crippen LogP contribution in [0.4, 0.5) is 0 Å². The van der Waals surface area contributed by atoms with Crippen LogP contribution in [0.25, 0.3) is 10.9 Å². The summed E-state index contributed by atoms with van der Waals surface area (Å²) < 4.78 is 2.16. The van der Waals surface area contributed by atoms with Crippen LogP contribution in [-0.4, -0.2) is 65.4 Å². The number of nitrogens with zero attached hydrogens (tertiary/aromatic N) is 3. The second-order valence-electron chi connectivity index (χ2n) is 8.09. The first-order valence-corrected chi connectivity index (χ1v) is 11.1. The molecule has 6 heteroatoms. The SMILES string of the molecule is CCCNC(=O)CN1CCN(C(=O)c2cn(Cc3ccccc3)c3ccccc23)CC1. The Kier molecular flexibility index (Phi) is 6.67. The van der Waals surface area contributed by atoms with Crippen molar-refractivity contribution in [3.8, 4) is 0 Å². The first-order chi connectivity index (χ1) is 15.2. The average Bonchev–Trinajstić information content (AvgIpc) is 3.17. The Morgan fingerprint density at radius 2 is 1.65 bits per heavy atom. The maximum Gasteiger partial charge on any atom is 0.256 e. The van der Waals surface area contributed by atoms with Gasteiger partial charge in [-0.1, -0.05) is 55.5 Å². The lowest BCUT2D eigenvalue weighted by Gasteiger charge is -2.34. The number of amides is 2. The maximum atomic E-state index is 13.4. The highest BCUT2D eigenvalue weighted by atomic mass is 16.2. The maximum absolute atomic E-state index is 13.4. The lowest BCUT2D eigenvalue weighted by molar-refractivity contribution is -0.122.